The van der Waals surface area contributed by atoms with E-state index in [0.717, 1.165) is 43.4 Å². The summed E-state index contributed by atoms with van der Waals surface area (Å²) >= 11 is 1.39. The lowest BCUT2D eigenvalue weighted by atomic mass is 10.1. The summed E-state index contributed by atoms with van der Waals surface area (Å²) in [4.78, 5) is 26.0. The van der Waals surface area contributed by atoms with Crippen LogP contribution in [0.5, 0.6) is 0 Å². The highest BCUT2D eigenvalue weighted by molar-refractivity contribution is 8.00. The quantitative estimate of drug-likeness (QED) is 0.794. The summed E-state index contributed by atoms with van der Waals surface area (Å²) in [6.07, 6.45) is 4.06. The van der Waals surface area contributed by atoms with Gasteiger partial charge in [0, 0.05) is 17.7 Å². The number of nitrogens with zero attached hydrogens (tertiary/aromatic N) is 1. The highest BCUT2D eigenvalue weighted by Gasteiger charge is 2.35. The van der Waals surface area contributed by atoms with Gasteiger partial charge < -0.3 is 5.32 Å². The van der Waals surface area contributed by atoms with Gasteiger partial charge in [-0.25, -0.2) is 8.78 Å². The summed E-state index contributed by atoms with van der Waals surface area (Å²) in [6.45, 7) is 0. The number of hydrogen-bond donors (Lipinski definition) is 1. The number of anilines is 2. The maximum Gasteiger partial charge on any atom is 0.238 e. The molecule has 4 nitrogen and oxygen atoms in total. The van der Waals surface area contributed by atoms with Crippen molar-refractivity contribution in [1.29, 1.82) is 0 Å². The van der Waals surface area contributed by atoms with E-state index in [1.807, 2.05) is 12.1 Å². The van der Waals surface area contributed by atoms with Gasteiger partial charge >= 0.3 is 0 Å². The zero-order chi connectivity index (χ0) is 19.7. The van der Waals surface area contributed by atoms with E-state index in [1.165, 1.54) is 22.7 Å². The minimum atomic E-state index is -0.763. The lowest BCUT2D eigenvalue weighted by Crippen LogP contribution is -2.28. The second-order valence-electron chi connectivity index (χ2n) is 7.12. The van der Waals surface area contributed by atoms with Crippen molar-refractivity contribution in [3.05, 3.63) is 59.7 Å². The molecular formula is C21H20F2N2O2S. The maximum atomic E-state index is 14.2. The largest absolute Gasteiger partial charge is 0.326 e. The monoisotopic (exact) mass is 402 g/mol. The summed E-state index contributed by atoms with van der Waals surface area (Å²) in [5.41, 5.74) is 1.59. The van der Waals surface area contributed by atoms with Gasteiger partial charge in [0.15, 0.2) is 0 Å². The van der Waals surface area contributed by atoms with Gasteiger partial charge in [-0.1, -0.05) is 25.0 Å². The van der Waals surface area contributed by atoms with Crippen LogP contribution in [-0.4, -0.2) is 17.6 Å². The van der Waals surface area contributed by atoms with Crippen molar-refractivity contribution in [3.8, 4) is 0 Å². The zero-order valence-electron chi connectivity index (χ0n) is 15.2. The van der Waals surface area contributed by atoms with Crippen LogP contribution in [-0.2, 0) is 9.59 Å². The third kappa shape index (κ3) is 3.76. The summed E-state index contributed by atoms with van der Waals surface area (Å²) in [5, 5.41) is 2.54. The third-order valence-corrected chi connectivity index (χ3v) is 6.44. The molecular weight excluding hydrogens is 382 g/mol. The van der Waals surface area contributed by atoms with Gasteiger partial charge in [-0.2, -0.15) is 0 Å². The molecule has 2 aromatic carbocycles. The molecule has 1 heterocycles. The van der Waals surface area contributed by atoms with Crippen molar-refractivity contribution in [2.45, 2.75) is 31.1 Å². The molecule has 1 saturated heterocycles. The third-order valence-electron chi connectivity index (χ3n) is 5.23. The fourth-order valence-corrected chi connectivity index (χ4v) is 4.94. The molecule has 1 atom stereocenters. The van der Waals surface area contributed by atoms with E-state index in [1.54, 1.807) is 12.1 Å². The Morgan fingerprint density at radius 3 is 2.46 bits per heavy atom. The van der Waals surface area contributed by atoms with Crippen LogP contribution in [0.1, 0.15) is 36.6 Å². The Kier molecular flexibility index (Phi) is 5.35. The molecule has 0 bridgehead atoms. The number of amides is 2. The van der Waals surface area contributed by atoms with E-state index in [0.29, 0.717) is 5.69 Å². The van der Waals surface area contributed by atoms with E-state index < -0.39 is 17.0 Å². The van der Waals surface area contributed by atoms with Crippen LogP contribution in [0.15, 0.2) is 42.5 Å². The van der Waals surface area contributed by atoms with E-state index in [2.05, 4.69) is 5.32 Å². The molecule has 2 amide bonds. The number of hydrogen-bond acceptors (Lipinski definition) is 3. The van der Waals surface area contributed by atoms with E-state index in [9.17, 15) is 18.4 Å². The van der Waals surface area contributed by atoms with Crippen LogP contribution in [0.2, 0.25) is 0 Å². The number of nitrogens with one attached hydrogen (secondary N) is 1. The molecule has 146 valence electrons. The number of rotatable bonds is 4. The number of thioether (sulfide) groups is 1. The highest BCUT2D eigenvalue weighted by atomic mass is 32.2. The van der Waals surface area contributed by atoms with Gasteiger partial charge in [0.25, 0.3) is 0 Å². The van der Waals surface area contributed by atoms with Crippen molar-refractivity contribution >= 4 is 35.0 Å². The highest BCUT2D eigenvalue weighted by Crippen LogP contribution is 2.42. The van der Waals surface area contributed by atoms with E-state index in [-0.39, 0.29) is 29.2 Å². The average molecular weight is 402 g/mol. The van der Waals surface area contributed by atoms with Gasteiger partial charge in [0.05, 0.1) is 11.4 Å². The predicted molar refractivity (Wildman–Crippen MR) is 106 cm³/mol. The standard InChI is InChI=1S/C21H20F2N2O2S/c22-15-7-10-18(17(23)11-15)25-19(26)12-28-21(25)14-5-8-16(9-6-14)24-20(27)13-3-1-2-4-13/h5-11,13,21H,1-4,12H2,(H,24,27)/t21-/m1/s1. The van der Waals surface area contributed by atoms with E-state index >= 15 is 0 Å². The fraction of sp³-hybridized carbons (Fsp3) is 0.333. The van der Waals surface area contributed by atoms with Gasteiger partial charge in [-0.15, -0.1) is 11.8 Å². The Bertz CT molecular complexity index is 898. The summed E-state index contributed by atoms with van der Waals surface area (Å²) < 4.78 is 27.5. The SMILES string of the molecule is O=C(Nc1ccc([C@H]2SCC(=O)N2c2ccc(F)cc2F)cc1)C1CCCC1. The number of carbonyl (C=O) groups is 2. The lowest BCUT2D eigenvalue weighted by molar-refractivity contribution is -0.119. The molecule has 1 saturated carbocycles. The van der Waals surface area contributed by atoms with Crippen LogP contribution in [0, 0.1) is 17.6 Å². The Morgan fingerprint density at radius 2 is 1.79 bits per heavy atom. The lowest BCUT2D eigenvalue weighted by Gasteiger charge is -2.25. The summed E-state index contributed by atoms with van der Waals surface area (Å²) in [5.74, 6) is -1.31. The molecule has 2 aliphatic rings. The smallest absolute Gasteiger partial charge is 0.238 e. The molecule has 2 aromatic rings. The molecule has 28 heavy (non-hydrogen) atoms. The molecule has 1 aliphatic heterocycles. The first-order chi connectivity index (χ1) is 13.5. The van der Waals surface area contributed by atoms with Gasteiger partial charge in [-0.05, 0) is 42.7 Å². The minimum Gasteiger partial charge on any atom is -0.326 e. The number of benzene rings is 2. The molecule has 1 aliphatic carbocycles. The Morgan fingerprint density at radius 1 is 1.07 bits per heavy atom. The van der Waals surface area contributed by atoms with Crippen molar-refractivity contribution < 1.29 is 18.4 Å². The van der Waals surface area contributed by atoms with Crippen LogP contribution in [0.3, 0.4) is 0 Å². The minimum absolute atomic E-state index is 0.0469. The van der Waals surface area contributed by atoms with Crippen LogP contribution < -0.4 is 10.2 Å². The first kappa shape index (κ1) is 18.9. The Labute approximate surface area is 166 Å². The summed E-state index contributed by atoms with van der Waals surface area (Å²) in [6, 6.07) is 10.5. The molecule has 2 fully saturated rings. The predicted octanol–water partition coefficient (Wildman–Crippen LogP) is 4.87. The molecule has 4 rings (SSSR count). The number of halogens is 2. The summed E-state index contributed by atoms with van der Waals surface area (Å²) in [7, 11) is 0. The van der Waals surface area contributed by atoms with Crippen molar-refractivity contribution in [1.82, 2.24) is 0 Å². The molecule has 1 N–H and O–H groups in total. The molecule has 0 radical (unpaired) electrons. The van der Waals surface area contributed by atoms with Gasteiger partial charge in [0.1, 0.15) is 17.0 Å². The van der Waals surface area contributed by atoms with Crippen molar-refractivity contribution in [2.75, 3.05) is 16.0 Å². The Balaban J connectivity index is 1.52. The molecule has 0 aromatic heterocycles. The topological polar surface area (TPSA) is 49.4 Å². The van der Waals surface area contributed by atoms with Crippen LogP contribution in [0.4, 0.5) is 20.2 Å². The second-order valence-corrected chi connectivity index (χ2v) is 8.18. The Hall–Kier alpha value is -2.41. The van der Waals surface area contributed by atoms with Gasteiger partial charge in [-0.3, -0.25) is 14.5 Å². The first-order valence-electron chi connectivity index (χ1n) is 9.32. The van der Waals surface area contributed by atoms with Crippen LogP contribution in [0.25, 0.3) is 0 Å². The van der Waals surface area contributed by atoms with Crippen molar-refractivity contribution in [3.63, 3.8) is 0 Å². The maximum absolute atomic E-state index is 14.2. The van der Waals surface area contributed by atoms with E-state index in [4.69, 9.17) is 0 Å². The first-order valence-corrected chi connectivity index (χ1v) is 10.4. The van der Waals surface area contributed by atoms with Gasteiger partial charge in [0.2, 0.25) is 11.8 Å². The van der Waals surface area contributed by atoms with Crippen molar-refractivity contribution in [2.24, 2.45) is 5.92 Å². The normalized spacial score (nSPS) is 20.0. The van der Waals surface area contributed by atoms with Crippen LogP contribution >= 0.6 is 11.8 Å². The number of carbonyl (C=O) groups excluding carboxylic acids is 2. The second kappa shape index (κ2) is 7.91. The average Bonchev–Trinajstić information content (AvgIpc) is 3.33. The fourth-order valence-electron chi connectivity index (χ4n) is 3.77. The molecule has 7 heteroatoms. The zero-order valence-corrected chi connectivity index (χ0v) is 16.0. The molecule has 0 unspecified atom stereocenters. The molecule has 0 spiro atoms.